The lowest BCUT2D eigenvalue weighted by Gasteiger charge is -2.18. The summed E-state index contributed by atoms with van der Waals surface area (Å²) in [6, 6.07) is 5.21. The van der Waals surface area contributed by atoms with Crippen LogP contribution in [0.3, 0.4) is 0 Å². The molecule has 2 aliphatic heterocycles. The van der Waals surface area contributed by atoms with E-state index in [0.29, 0.717) is 17.8 Å². The molecule has 2 aliphatic rings. The lowest BCUT2D eigenvalue weighted by Crippen LogP contribution is -2.45. The van der Waals surface area contributed by atoms with Gasteiger partial charge in [0.1, 0.15) is 0 Å². The van der Waals surface area contributed by atoms with E-state index < -0.39 is 33.6 Å². The van der Waals surface area contributed by atoms with Gasteiger partial charge in [0.25, 0.3) is 5.91 Å². The summed E-state index contributed by atoms with van der Waals surface area (Å²) in [7, 11) is -3.10. The third-order valence-corrected chi connectivity index (χ3v) is 6.32. The smallest absolute Gasteiger partial charge is 0.265 e. The van der Waals surface area contributed by atoms with Crippen molar-refractivity contribution in [1.29, 1.82) is 0 Å². The molecular formula is C17H21N3O4S. The molecule has 2 atom stereocenters. The van der Waals surface area contributed by atoms with Gasteiger partial charge in [-0.1, -0.05) is 17.7 Å². The fourth-order valence-electron chi connectivity index (χ4n) is 3.28. The number of sulfone groups is 1. The van der Waals surface area contributed by atoms with Gasteiger partial charge < -0.3 is 5.32 Å². The molecule has 1 fully saturated rings. The summed E-state index contributed by atoms with van der Waals surface area (Å²) in [5.41, 5.74) is 3.02. The highest BCUT2D eigenvalue weighted by Gasteiger charge is 2.41. The van der Waals surface area contributed by atoms with Crippen LogP contribution in [0.5, 0.6) is 0 Å². The van der Waals surface area contributed by atoms with E-state index in [1.807, 2.05) is 32.0 Å². The van der Waals surface area contributed by atoms with Crippen molar-refractivity contribution in [1.82, 2.24) is 5.32 Å². The number of aryl methyl sites for hydroxylation is 2. The van der Waals surface area contributed by atoms with Gasteiger partial charge in [-0.25, -0.2) is 8.42 Å². The molecule has 3 rings (SSSR count). The summed E-state index contributed by atoms with van der Waals surface area (Å²) in [6.45, 7) is 5.48. The van der Waals surface area contributed by atoms with Crippen LogP contribution in [-0.4, -0.2) is 43.5 Å². The van der Waals surface area contributed by atoms with Crippen molar-refractivity contribution in [2.45, 2.75) is 33.2 Å². The molecule has 7 nitrogen and oxygen atoms in total. The van der Waals surface area contributed by atoms with E-state index in [4.69, 9.17) is 0 Å². The first-order valence-electron chi connectivity index (χ1n) is 8.15. The van der Waals surface area contributed by atoms with Crippen LogP contribution in [0.25, 0.3) is 0 Å². The van der Waals surface area contributed by atoms with Crippen LogP contribution < -0.4 is 10.3 Å². The maximum absolute atomic E-state index is 12.7. The van der Waals surface area contributed by atoms with Gasteiger partial charge >= 0.3 is 0 Å². The second-order valence-electron chi connectivity index (χ2n) is 6.72. The largest absolute Gasteiger partial charge is 0.351 e. The molecule has 2 heterocycles. The molecule has 0 aliphatic carbocycles. The Balaban J connectivity index is 1.77. The van der Waals surface area contributed by atoms with E-state index in [2.05, 4.69) is 10.4 Å². The molecule has 2 unspecified atom stereocenters. The molecule has 0 saturated carbocycles. The standard InChI is InChI=1S/C17H21N3O4S/c1-10-4-5-14(11(2)8-10)20-17(22)15(12(3)19-20)16(21)18-13-6-7-25(23,24)9-13/h4-5,8,13,15H,6-7,9H2,1-3H3,(H,18,21). The van der Waals surface area contributed by atoms with Crippen LogP contribution >= 0.6 is 0 Å². The predicted molar refractivity (Wildman–Crippen MR) is 95.2 cm³/mol. The molecule has 2 amide bonds. The Bertz CT molecular complexity index is 876. The number of nitrogens with zero attached hydrogens (tertiary/aromatic N) is 2. The maximum atomic E-state index is 12.7. The highest BCUT2D eigenvalue weighted by molar-refractivity contribution is 7.91. The number of amides is 2. The highest BCUT2D eigenvalue weighted by Crippen LogP contribution is 2.28. The lowest BCUT2D eigenvalue weighted by atomic mass is 10.0. The van der Waals surface area contributed by atoms with Crippen LogP contribution in [0.2, 0.25) is 0 Å². The third kappa shape index (κ3) is 3.44. The second kappa shape index (κ2) is 6.25. The number of hydrogen-bond donors (Lipinski definition) is 1. The molecule has 0 spiro atoms. The number of nitrogens with one attached hydrogen (secondary N) is 1. The minimum Gasteiger partial charge on any atom is -0.351 e. The van der Waals surface area contributed by atoms with Crippen LogP contribution in [0.1, 0.15) is 24.5 Å². The number of carbonyl (C=O) groups excluding carboxylic acids is 2. The maximum Gasteiger partial charge on any atom is 0.265 e. The Kier molecular flexibility index (Phi) is 4.40. The molecule has 1 saturated heterocycles. The van der Waals surface area contributed by atoms with Gasteiger partial charge in [0.15, 0.2) is 15.8 Å². The molecular weight excluding hydrogens is 342 g/mol. The first kappa shape index (κ1) is 17.6. The zero-order valence-corrected chi connectivity index (χ0v) is 15.3. The van der Waals surface area contributed by atoms with Crippen LogP contribution in [0.4, 0.5) is 5.69 Å². The van der Waals surface area contributed by atoms with Gasteiger partial charge in [-0.3, -0.25) is 9.59 Å². The number of benzene rings is 1. The van der Waals surface area contributed by atoms with Crippen LogP contribution in [0.15, 0.2) is 23.3 Å². The number of hydrogen-bond acceptors (Lipinski definition) is 5. The normalized spacial score (nSPS) is 25.2. The molecule has 134 valence electrons. The number of hydrazone groups is 1. The molecule has 25 heavy (non-hydrogen) atoms. The Morgan fingerprint density at radius 2 is 2.00 bits per heavy atom. The van der Waals surface area contributed by atoms with Gasteiger partial charge in [-0.15, -0.1) is 0 Å². The van der Waals surface area contributed by atoms with Crippen molar-refractivity contribution < 1.29 is 18.0 Å². The molecule has 0 bridgehead atoms. The quantitative estimate of drug-likeness (QED) is 0.809. The molecule has 1 aromatic rings. The van der Waals surface area contributed by atoms with Crippen molar-refractivity contribution in [3.63, 3.8) is 0 Å². The van der Waals surface area contributed by atoms with E-state index >= 15 is 0 Å². The summed E-state index contributed by atoms with van der Waals surface area (Å²) >= 11 is 0. The average Bonchev–Trinajstić information content (AvgIpc) is 2.98. The van der Waals surface area contributed by atoms with Crippen molar-refractivity contribution in [3.05, 3.63) is 29.3 Å². The fraction of sp³-hybridized carbons (Fsp3) is 0.471. The van der Waals surface area contributed by atoms with E-state index in [-0.39, 0.29) is 11.5 Å². The Labute approximate surface area is 147 Å². The summed E-state index contributed by atoms with van der Waals surface area (Å²) in [6.07, 6.45) is 0.381. The monoisotopic (exact) mass is 363 g/mol. The zero-order chi connectivity index (χ0) is 18.4. The minimum absolute atomic E-state index is 0.0678. The number of rotatable bonds is 3. The van der Waals surface area contributed by atoms with E-state index in [1.54, 1.807) is 6.92 Å². The van der Waals surface area contributed by atoms with Crippen molar-refractivity contribution in [2.24, 2.45) is 11.0 Å². The van der Waals surface area contributed by atoms with E-state index in [9.17, 15) is 18.0 Å². The Morgan fingerprint density at radius 3 is 2.60 bits per heavy atom. The van der Waals surface area contributed by atoms with Crippen molar-refractivity contribution in [2.75, 3.05) is 16.5 Å². The second-order valence-corrected chi connectivity index (χ2v) is 8.95. The van der Waals surface area contributed by atoms with Gasteiger partial charge in [-0.2, -0.15) is 10.1 Å². The van der Waals surface area contributed by atoms with Gasteiger partial charge in [0, 0.05) is 6.04 Å². The van der Waals surface area contributed by atoms with Crippen molar-refractivity contribution >= 4 is 33.1 Å². The minimum atomic E-state index is -3.10. The van der Waals surface area contributed by atoms with Gasteiger partial charge in [0.05, 0.1) is 22.9 Å². The number of carbonyl (C=O) groups is 2. The van der Waals surface area contributed by atoms with E-state index in [1.165, 1.54) is 5.01 Å². The van der Waals surface area contributed by atoms with E-state index in [0.717, 1.165) is 11.1 Å². The van der Waals surface area contributed by atoms with Crippen LogP contribution in [-0.2, 0) is 19.4 Å². The molecule has 0 radical (unpaired) electrons. The SMILES string of the molecule is CC1=NN(c2ccc(C)cc2C)C(=O)C1C(=O)NC1CCS(=O)(=O)C1. The summed E-state index contributed by atoms with van der Waals surface area (Å²) in [5, 5.41) is 8.21. The summed E-state index contributed by atoms with van der Waals surface area (Å²) in [5.74, 6) is -1.91. The first-order chi connectivity index (χ1) is 11.7. The van der Waals surface area contributed by atoms with Gasteiger partial charge in [-0.05, 0) is 38.8 Å². The fourth-order valence-corrected chi connectivity index (χ4v) is 4.95. The Morgan fingerprint density at radius 1 is 1.28 bits per heavy atom. The highest BCUT2D eigenvalue weighted by atomic mass is 32.2. The lowest BCUT2D eigenvalue weighted by molar-refractivity contribution is -0.130. The van der Waals surface area contributed by atoms with Gasteiger partial charge in [0.2, 0.25) is 5.91 Å². The molecule has 0 aromatic heterocycles. The predicted octanol–water partition coefficient (Wildman–Crippen LogP) is 0.945. The topological polar surface area (TPSA) is 95.9 Å². The van der Waals surface area contributed by atoms with Crippen molar-refractivity contribution in [3.8, 4) is 0 Å². The molecule has 1 N–H and O–H groups in total. The molecule has 8 heteroatoms. The third-order valence-electron chi connectivity index (χ3n) is 4.55. The zero-order valence-electron chi connectivity index (χ0n) is 14.4. The van der Waals surface area contributed by atoms with Crippen LogP contribution in [0, 0.1) is 19.8 Å². The Hall–Kier alpha value is -2.22. The average molecular weight is 363 g/mol. The first-order valence-corrected chi connectivity index (χ1v) is 9.97. The summed E-state index contributed by atoms with van der Waals surface area (Å²) < 4.78 is 23.0. The number of anilines is 1. The summed E-state index contributed by atoms with van der Waals surface area (Å²) in [4.78, 5) is 25.2. The molecule has 1 aromatic carbocycles.